The molecule has 0 aliphatic rings. The maximum atomic E-state index is 12.3. The zero-order chi connectivity index (χ0) is 16.9. The number of rotatable bonds is 11. The standard InChI is InChI=1S/C18H27NO4/c1-3-4-13-19(14-12-18(21)22-2)17(20)11-8-15-23-16-9-6-5-7-10-16/h5-7,9-10H,3-4,8,11-15H2,1-2H3. The monoisotopic (exact) mass is 321 g/mol. The smallest absolute Gasteiger partial charge is 0.307 e. The molecule has 5 heteroatoms. The van der Waals surface area contributed by atoms with Gasteiger partial charge in [0.2, 0.25) is 5.91 Å². The normalized spacial score (nSPS) is 10.2. The number of esters is 1. The van der Waals surface area contributed by atoms with E-state index in [9.17, 15) is 9.59 Å². The number of benzene rings is 1. The molecule has 1 amide bonds. The number of unbranched alkanes of at least 4 members (excludes halogenated alkanes) is 1. The van der Waals surface area contributed by atoms with Crippen LogP contribution in [-0.2, 0) is 14.3 Å². The minimum absolute atomic E-state index is 0.0685. The summed E-state index contributed by atoms with van der Waals surface area (Å²) in [5.74, 6) is 0.596. The van der Waals surface area contributed by atoms with Gasteiger partial charge in [0.15, 0.2) is 0 Å². The number of hydrogen-bond acceptors (Lipinski definition) is 4. The molecule has 1 aromatic carbocycles. The Labute approximate surface area is 138 Å². The fourth-order valence-corrected chi connectivity index (χ4v) is 2.13. The first-order valence-electron chi connectivity index (χ1n) is 8.19. The first-order chi connectivity index (χ1) is 11.2. The lowest BCUT2D eigenvalue weighted by Crippen LogP contribution is -2.34. The van der Waals surface area contributed by atoms with Gasteiger partial charge in [0.05, 0.1) is 20.1 Å². The molecule has 0 bridgehead atoms. The van der Waals surface area contributed by atoms with E-state index < -0.39 is 0 Å². The van der Waals surface area contributed by atoms with Crippen molar-refractivity contribution in [3.8, 4) is 5.75 Å². The Morgan fingerprint density at radius 2 is 1.78 bits per heavy atom. The summed E-state index contributed by atoms with van der Waals surface area (Å²) < 4.78 is 10.2. The van der Waals surface area contributed by atoms with Crippen LogP contribution in [0.1, 0.15) is 39.0 Å². The van der Waals surface area contributed by atoms with Crippen molar-refractivity contribution in [2.45, 2.75) is 39.0 Å². The first-order valence-corrected chi connectivity index (χ1v) is 8.19. The SMILES string of the molecule is CCCCN(CCC(=O)OC)C(=O)CCCOc1ccccc1. The zero-order valence-corrected chi connectivity index (χ0v) is 14.1. The Balaban J connectivity index is 2.32. The van der Waals surface area contributed by atoms with E-state index in [0.29, 0.717) is 32.5 Å². The van der Waals surface area contributed by atoms with E-state index >= 15 is 0 Å². The van der Waals surface area contributed by atoms with Crippen LogP contribution in [-0.4, -0.2) is 43.6 Å². The summed E-state index contributed by atoms with van der Waals surface area (Å²) in [6, 6.07) is 9.56. The van der Waals surface area contributed by atoms with Crippen molar-refractivity contribution >= 4 is 11.9 Å². The second-order valence-electron chi connectivity index (χ2n) is 5.33. The Morgan fingerprint density at radius 3 is 2.43 bits per heavy atom. The highest BCUT2D eigenvalue weighted by Gasteiger charge is 2.14. The van der Waals surface area contributed by atoms with E-state index in [2.05, 4.69) is 11.7 Å². The highest BCUT2D eigenvalue weighted by Crippen LogP contribution is 2.09. The number of nitrogens with zero attached hydrogens (tertiary/aromatic N) is 1. The summed E-state index contributed by atoms with van der Waals surface area (Å²) in [6.45, 7) is 3.70. The van der Waals surface area contributed by atoms with Crippen molar-refractivity contribution in [2.75, 3.05) is 26.8 Å². The van der Waals surface area contributed by atoms with Crippen molar-refractivity contribution < 1.29 is 19.1 Å². The summed E-state index contributed by atoms with van der Waals surface area (Å²) in [4.78, 5) is 25.3. The Kier molecular flexibility index (Phi) is 9.52. The molecule has 0 saturated carbocycles. The Hall–Kier alpha value is -2.04. The summed E-state index contributed by atoms with van der Waals surface area (Å²) >= 11 is 0. The van der Waals surface area contributed by atoms with E-state index in [1.165, 1.54) is 7.11 Å². The van der Waals surface area contributed by atoms with Gasteiger partial charge < -0.3 is 14.4 Å². The quantitative estimate of drug-likeness (QED) is 0.464. The van der Waals surface area contributed by atoms with Crippen molar-refractivity contribution in [1.82, 2.24) is 4.90 Å². The number of amides is 1. The summed E-state index contributed by atoms with van der Waals surface area (Å²) in [6.07, 6.45) is 3.28. The molecule has 0 aromatic heterocycles. The molecule has 1 aromatic rings. The second kappa shape index (κ2) is 11.5. The van der Waals surface area contributed by atoms with Gasteiger partial charge >= 0.3 is 5.97 Å². The average molecular weight is 321 g/mol. The molecular formula is C18H27NO4. The molecule has 0 atom stereocenters. The van der Waals surface area contributed by atoms with Gasteiger partial charge in [-0.1, -0.05) is 31.5 Å². The minimum atomic E-state index is -0.285. The largest absolute Gasteiger partial charge is 0.494 e. The zero-order valence-electron chi connectivity index (χ0n) is 14.1. The van der Waals surface area contributed by atoms with Crippen LogP contribution in [0.15, 0.2) is 30.3 Å². The molecule has 0 heterocycles. The van der Waals surface area contributed by atoms with E-state index in [-0.39, 0.29) is 18.3 Å². The number of carbonyl (C=O) groups excluding carboxylic acids is 2. The number of carbonyl (C=O) groups is 2. The molecule has 0 spiro atoms. The second-order valence-corrected chi connectivity index (χ2v) is 5.33. The molecule has 5 nitrogen and oxygen atoms in total. The van der Waals surface area contributed by atoms with Crippen molar-refractivity contribution in [2.24, 2.45) is 0 Å². The van der Waals surface area contributed by atoms with Crippen molar-refractivity contribution in [3.05, 3.63) is 30.3 Å². The van der Waals surface area contributed by atoms with Crippen molar-refractivity contribution in [1.29, 1.82) is 0 Å². The van der Waals surface area contributed by atoms with E-state index in [1.54, 1.807) is 4.90 Å². The van der Waals surface area contributed by atoms with Gasteiger partial charge in [-0.05, 0) is 25.0 Å². The fraction of sp³-hybridized carbons (Fsp3) is 0.556. The molecule has 1 rings (SSSR count). The summed E-state index contributed by atoms with van der Waals surface area (Å²) in [7, 11) is 1.36. The molecule has 0 unspecified atom stereocenters. The minimum Gasteiger partial charge on any atom is -0.494 e. The predicted molar refractivity (Wildman–Crippen MR) is 89.3 cm³/mol. The molecule has 0 radical (unpaired) electrons. The first kappa shape index (κ1) is 19.0. The molecule has 0 fully saturated rings. The maximum Gasteiger partial charge on any atom is 0.307 e. The van der Waals surface area contributed by atoms with Gasteiger partial charge in [0.1, 0.15) is 5.75 Å². The Morgan fingerprint density at radius 1 is 1.04 bits per heavy atom. The van der Waals surface area contributed by atoms with Gasteiger partial charge in [-0.3, -0.25) is 9.59 Å². The van der Waals surface area contributed by atoms with Gasteiger partial charge in [0, 0.05) is 19.5 Å². The third-order valence-electron chi connectivity index (χ3n) is 3.49. The predicted octanol–water partition coefficient (Wildman–Crippen LogP) is 3.04. The summed E-state index contributed by atoms with van der Waals surface area (Å²) in [5.41, 5.74) is 0. The molecule has 0 saturated heterocycles. The van der Waals surface area contributed by atoms with Crippen LogP contribution >= 0.6 is 0 Å². The highest BCUT2D eigenvalue weighted by molar-refractivity contribution is 5.77. The lowest BCUT2D eigenvalue weighted by atomic mass is 10.2. The fourth-order valence-electron chi connectivity index (χ4n) is 2.13. The topological polar surface area (TPSA) is 55.8 Å². The number of ether oxygens (including phenoxy) is 2. The van der Waals surface area contributed by atoms with Gasteiger partial charge in [-0.25, -0.2) is 0 Å². The van der Waals surface area contributed by atoms with Gasteiger partial charge in [0.25, 0.3) is 0 Å². The van der Waals surface area contributed by atoms with Crippen LogP contribution in [0.4, 0.5) is 0 Å². The molecule has 128 valence electrons. The van der Waals surface area contributed by atoms with E-state index in [0.717, 1.165) is 18.6 Å². The van der Waals surface area contributed by atoms with Crippen LogP contribution in [0.3, 0.4) is 0 Å². The molecule has 23 heavy (non-hydrogen) atoms. The third kappa shape index (κ3) is 8.24. The maximum absolute atomic E-state index is 12.3. The van der Waals surface area contributed by atoms with Crippen LogP contribution < -0.4 is 4.74 Å². The van der Waals surface area contributed by atoms with Crippen molar-refractivity contribution in [3.63, 3.8) is 0 Å². The molecule has 0 aliphatic heterocycles. The lowest BCUT2D eigenvalue weighted by Gasteiger charge is -2.22. The number of methoxy groups -OCH3 is 1. The van der Waals surface area contributed by atoms with Gasteiger partial charge in [-0.2, -0.15) is 0 Å². The summed E-state index contributed by atoms with van der Waals surface area (Å²) in [5, 5.41) is 0. The number of para-hydroxylation sites is 1. The Bertz CT molecular complexity index is 461. The molecule has 0 aliphatic carbocycles. The third-order valence-corrected chi connectivity index (χ3v) is 3.49. The number of hydrogen-bond donors (Lipinski definition) is 0. The molecule has 0 N–H and O–H groups in total. The van der Waals surface area contributed by atoms with Crippen LogP contribution in [0.25, 0.3) is 0 Å². The highest BCUT2D eigenvalue weighted by atomic mass is 16.5. The molecular weight excluding hydrogens is 294 g/mol. The average Bonchev–Trinajstić information content (AvgIpc) is 2.59. The van der Waals surface area contributed by atoms with Gasteiger partial charge in [-0.15, -0.1) is 0 Å². The lowest BCUT2D eigenvalue weighted by molar-refractivity contribution is -0.141. The van der Waals surface area contributed by atoms with Crippen LogP contribution in [0.2, 0.25) is 0 Å². The van der Waals surface area contributed by atoms with Crippen LogP contribution in [0.5, 0.6) is 5.75 Å². The van der Waals surface area contributed by atoms with E-state index in [4.69, 9.17) is 4.74 Å². The van der Waals surface area contributed by atoms with E-state index in [1.807, 2.05) is 30.3 Å². The van der Waals surface area contributed by atoms with Crippen LogP contribution in [0, 0.1) is 0 Å².